The van der Waals surface area contributed by atoms with Crippen molar-refractivity contribution >= 4 is 11.6 Å². The van der Waals surface area contributed by atoms with Gasteiger partial charge in [-0.3, -0.25) is 9.59 Å². The highest BCUT2D eigenvalue weighted by Crippen LogP contribution is 2.57. The molecule has 1 aliphatic rings. The number of rotatable bonds is 15. The van der Waals surface area contributed by atoms with Crippen molar-refractivity contribution < 1.29 is 23.8 Å². The zero-order valence-electron chi connectivity index (χ0n) is 25.3. The second kappa shape index (κ2) is 13.0. The van der Waals surface area contributed by atoms with Gasteiger partial charge in [0.2, 0.25) is 0 Å². The highest BCUT2D eigenvalue weighted by Gasteiger charge is 2.53. The minimum absolute atomic E-state index is 0.0621. The molecule has 1 aliphatic carbocycles. The smallest absolute Gasteiger partial charge is 0.137 e. The second-order valence-electron chi connectivity index (χ2n) is 12.2. The zero-order chi connectivity index (χ0) is 28.8. The number of carbonyl (C=O) groups excluding carboxylic acids is 2. The lowest BCUT2D eigenvalue weighted by Gasteiger charge is -2.52. The van der Waals surface area contributed by atoms with Gasteiger partial charge in [0.25, 0.3) is 0 Å². The van der Waals surface area contributed by atoms with Gasteiger partial charge in [-0.1, -0.05) is 38.5 Å². The lowest BCUT2D eigenvalue weighted by molar-refractivity contribution is -0.147. The molecule has 1 fully saturated rings. The van der Waals surface area contributed by atoms with Crippen molar-refractivity contribution in [3.8, 4) is 17.2 Å². The number of Topliss-reactive ketones (excluding diaryl/α,β-unsaturated/α-hetero) is 2. The molecule has 214 valence electrons. The maximum Gasteiger partial charge on any atom is 0.137 e. The highest BCUT2D eigenvalue weighted by molar-refractivity contribution is 5.92. The molecule has 0 heterocycles. The molecule has 0 N–H and O–H groups in total. The van der Waals surface area contributed by atoms with Gasteiger partial charge in [0.05, 0.1) is 19.8 Å². The van der Waals surface area contributed by atoms with Crippen LogP contribution >= 0.6 is 0 Å². The Bertz CT molecular complexity index is 1100. The minimum Gasteiger partial charge on any atom is -0.494 e. The van der Waals surface area contributed by atoms with Gasteiger partial charge in [-0.15, -0.1) is 0 Å². The molecule has 2 atom stereocenters. The molecule has 5 heteroatoms. The van der Waals surface area contributed by atoms with Gasteiger partial charge in [-0.2, -0.15) is 0 Å². The topological polar surface area (TPSA) is 61.8 Å². The quantitative estimate of drug-likeness (QED) is 0.216. The average molecular weight is 537 g/mol. The third-order valence-corrected chi connectivity index (χ3v) is 8.32. The highest BCUT2D eigenvalue weighted by atomic mass is 16.5. The minimum atomic E-state index is -0.531. The van der Waals surface area contributed by atoms with E-state index in [1.54, 1.807) is 6.92 Å². The van der Waals surface area contributed by atoms with E-state index in [9.17, 15) is 9.59 Å². The summed E-state index contributed by atoms with van der Waals surface area (Å²) in [5.74, 6) is 2.42. The van der Waals surface area contributed by atoms with Crippen LogP contribution in [0, 0.1) is 30.6 Å². The van der Waals surface area contributed by atoms with Crippen LogP contribution in [0.25, 0.3) is 0 Å². The molecule has 1 saturated carbocycles. The first kappa shape index (κ1) is 30.7. The molecule has 2 unspecified atom stereocenters. The molecule has 39 heavy (non-hydrogen) atoms. The molecule has 5 nitrogen and oxygen atoms in total. The third-order valence-electron chi connectivity index (χ3n) is 8.32. The van der Waals surface area contributed by atoms with E-state index in [2.05, 4.69) is 39.8 Å². The maximum atomic E-state index is 14.0. The number of ether oxygens (including phenoxy) is 3. The van der Waals surface area contributed by atoms with E-state index in [1.807, 2.05) is 45.0 Å². The van der Waals surface area contributed by atoms with Gasteiger partial charge < -0.3 is 14.2 Å². The Morgan fingerprint density at radius 1 is 0.923 bits per heavy atom. The van der Waals surface area contributed by atoms with Crippen LogP contribution in [0.5, 0.6) is 17.2 Å². The number of hydrogen-bond acceptors (Lipinski definition) is 5. The number of hydrogen-bond donors (Lipinski definition) is 0. The lowest BCUT2D eigenvalue weighted by Crippen LogP contribution is -2.49. The fourth-order valence-electron chi connectivity index (χ4n) is 6.35. The van der Waals surface area contributed by atoms with E-state index in [0.717, 1.165) is 47.6 Å². The predicted octanol–water partition coefficient (Wildman–Crippen LogP) is 8.03. The Morgan fingerprint density at radius 2 is 1.49 bits per heavy atom. The summed E-state index contributed by atoms with van der Waals surface area (Å²) in [6.07, 6.45) is 3.28. The van der Waals surface area contributed by atoms with Crippen LogP contribution in [0.4, 0.5) is 0 Å². The van der Waals surface area contributed by atoms with Gasteiger partial charge in [-0.25, -0.2) is 0 Å². The summed E-state index contributed by atoms with van der Waals surface area (Å²) < 4.78 is 17.9. The number of carbonyl (C=O) groups is 2. The normalized spacial score (nSPS) is 17.0. The van der Waals surface area contributed by atoms with E-state index >= 15 is 0 Å². The summed E-state index contributed by atoms with van der Waals surface area (Å²) in [7, 11) is 0. The zero-order valence-corrected chi connectivity index (χ0v) is 25.3. The Hall–Kier alpha value is -2.82. The van der Waals surface area contributed by atoms with Crippen molar-refractivity contribution in [2.75, 3.05) is 19.8 Å². The predicted molar refractivity (Wildman–Crippen MR) is 157 cm³/mol. The van der Waals surface area contributed by atoms with E-state index < -0.39 is 5.41 Å². The van der Waals surface area contributed by atoms with Crippen molar-refractivity contribution in [1.29, 1.82) is 0 Å². The first-order chi connectivity index (χ1) is 18.4. The molecular formula is C34H48O5. The number of ketones is 2. The molecule has 0 saturated heterocycles. The summed E-state index contributed by atoms with van der Waals surface area (Å²) in [5, 5.41) is 0. The van der Waals surface area contributed by atoms with Gasteiger partial charge in [0.1, 0.15) is 28.8 Å². The largest absolute Gasteiger partial charge is 0.494 e. The molecule has 0 amide bonds. The fraction of sp³-hybridized carbons (Fsp3) is 0.588. The SMILES string of the molecule is CCOc1cc(C(C)C(CCCOc2ccc(C)cc2)C(=O)CC2(C(C)=O)CC(C)(C)C2)cc(OCC)c1C. The Kier molecular flexibility index (Phi) is 10.3. The molecule has 2 aromatic carbocycles. The number of aryl methyl sites for hydroxylation is 1. The van der Waals surface area contributed by atoms with Crippen LogP contribution in [0.3, 0.4) is 0 Å². The standard InChI is InChI=1S/C34H48O5/c1-9-37-31-18-27(19-32(25(31)5)38-10-2)24(4)29(12-11-17-39-28-15-13-23(3)14-16-28)30(36)20-34(26(6)35)21-33(7,8)22-34/h13-16,18-19,24,29H,9-12,17,20-22H2,1-8H3. The molecule has 3 rings (SSSR count). The first-order valence-corrected chi connectivity index (χ1v) is 14.5. The maximum absolute atomic E-state index is 14.0. The summed E-state index contributed by atoms with van der Waals surface area (Å²) in [6.45, 7) is 17.8. The summed E-state index contributed by atoms with van der Waals surface area (Å²) in [4.78, 5) is 26.8. The Balaban J connectivity index is 1.85. The van der Waals surface area contributed by atoms with Crippen molar-refractivity contribution in [2.45, 2.75) is 93.4 Å². The van der Waals surface area contributed by atoms with E-state index in [4.69, 9.17) is 14.2 Å². The van der Waals surface area contributed by atoms with Gasteiger partial charge in [0.15, 0.2) is 0 Å². The molecule has 0 bridgehead atoms. The van der Waals surface area contributed by atoms with Crippen LogP contribution in [-0.4, -0.2) is 31.4 Å². The van der Waals surface area contributed by atoms with Gasteiger partial charge in [0, 0.05) is 23.3 Å². The molecule has 0 radical (unpaired) electrons. The summed E-state index contributed by atoms with van der Waals surface area (Å²) in [5.41, 5.74) is 2.76. The number of benzene rings is 2. The van der Waals surface area contributed by atoms with Crippen LogP contribution in [0.15, 0.2) is 36.4 Å². The van der Waals surface area contributed by atoms with Crippen LogP contribution in [0.1, 0.15) is 96.3 Å². The third kappa shape index (κ3) is 7.64. The molecule has 2 aromatic rings. The second-order valence-corrected chi connectivity index (χ2v) is 12.2. The van der Waals surface area contributed by atoms with E-state index in [1.165, 1.54) is 5.56 Å². The Morgan fingerprint density at radius 3 is 1.97 bits per heavy atom. The van der Waals surface area contributed by atoms with E-state index in [-0.39, 0.29) is 28.8 Å². The summed E-state index contributed by atoms with van der Waals surface area (Å²) in [6, 6.07) is 12.1. The first-order valence-electron chi connectivity index (χ1n) is 14.5. The molecule has 0 aromatic heterocycles. The molecular weight excluding hydrogens is 488 g/mol. The fourth-order valence-corrected chi connectivity index (χ4v) is 6.35. The van der Waals surface area contributed by atoms with Gasteiger partial charge >= 0.3 is 0 Å². The average Bonchev–Trinajstić information content (AvgIpc) is 2.85. The molecule has 0 aliphatic heterocycles. The van der Waals surface area contributed by atoms with Crippen LogP contribution in [0.2, 0.25) is 0 Å². The van der Waals surface area contributed by atoms with Crippen molar-refractivity contribution in [3.05, 3.63) is 53.1 Å². The summed E-state index contributed by atoms with van der Waals surface area (Å²) >= 11 is 0. The van der Waals surface area contributed by atoms with Crippen LogP contribution < -0.4 is 14.2 Å². The monoisotopic (exact) mass is 536 g/mol. The van der Waals surface area contributed by atoms with Crippen molar-refractivity contribution in [1.82, 2.24) is 0 Å². The van der Waals surface area contributed by atoms with Crippen molar-refractivity contribution in [3.63, 3.8) is 0 Å². The van der Waals surface area contributed by atoms with Crippen LogP contribution in [-0.2, 0) is 9.59 Å². The molecule has 0 spiro atoms. The van der Waals surface area contributed by atoms with Gasteiger partial charge in [-0.05, 0) is 101 Å². The lowest BCUT2D eigenvalue weighted by atomic mass is 9.51. The van der Waals surface area contributed by atoms with E-state index in [0.29, 0.717) is 32.7 Å². The van der Waals surface area contributed by atoms with Crippen molar-refractivity contribution in [2.24, 2.45) is 16.7 Å². The Labute approximate surface area is 235 Å².